The van der Waals surface area contributed by atoms with Crippen molar-refractivity contribution in [3.8, 4) is 5.75 Å². The smallest absolute Gasteiger partial charge is 0.322 e. The number of urea groups is 1. The number of anilines is 2. The molecular formula is C17H20N6O3. The molecule has 1 unspecified atom stereocenters. The molecule has 2 aromatic rings. The fraction of sp³-hybridized carbons (Fsp3) is 0.412. The Morgan fingerprint density at radius 3 is 3.04 bits per heavy atom. The first kappa shape index (κ1) is 16.4. The summed E-state index contributed by atoms with van der Waals surface area (Å²) in [6, 6.07) is 4.92. The number of nitrogens with zero attached hydrogens (tertiary/aromatic N) is 4. The van der Waals surface area contributed by atoms with Gasteiger partial charge in [0, 0.05) is 19.3 Å². The summed E-state index contributed by atoms with van der Waals surface area (Å²) < 4.78 is 5.41. The molecule has 2 aliphatic rings. The van der Waals surface area contributed by atoms with Crippen LogP contribution in [0.15, 0.2) is 18.2 Å². The number of rotatable bonds is 2. The average Bonchev–Trinajstić information content (AvgIpc) is 3.27. The Kier molecular flexibility index (Phi) is 3.98. The first-order valence-corrected chi connectivity index (χ1v) is 8.53. The highest BCUT2D eigenvalue weighted by Crippen LogP contribution is 2.35. The first-order valence-electron chi connectivity index (χ1n) is 8.53. The summed E-state index contributed by atoms with van der Waals surface area (Å²) in [7, 11) is 1.69. The van der Waals surface area contributed by atoms with Crippen LogP contribution < -0.4 is 15.0 Å². The van der Waals surface area contributed by atoms with Gasteiger partial charge in [-0.2, -0.15) is 5.10 Å². The van der Waals surface area contributed by atoms with Crippen molar-refractivity contribution < 1.29 is 14.3 Å². The Labute approximate surface area is 150 Å². The molecule has 1 atom stereocenters. The number of H-pyrrole nitrogens is 1. The molecule has 2 aliphatic heterocycles. The zero-order valence-electron chi connectivity index (χ0n) is 14.7. The van der Waals surface area contributed by atoms with E-state index < -0.39 is 0 Å². The predicted octanol–water partition coefficient (Wildman–Crippen LogP) is 1.84. The summed E-state index contributed by atoms with van der Waals surface area (Å²) in [6.45, 7) is 2.51. The number of fused-ring (bicyclic) bond motifs is 1. The maximum atomic E-state index is 12.8. The lowest BCUT2D eigenvalue weighted by atomic mass is 10.2. The molecule has 1 fully saturated rings. The van der Waals surface area contributed by atoms with Crippen molar-refractivity contribution in [3.63, 3.8) is 0 Å². The highest BCUT2D eigenvalue weighted by atomic mass is 16.5. The van der Waals surface area contributed by atoms with Gasteiger partial charge < -0.3 is 19.9 Å². The van der Waals surface area contributed by atoms with Crippen LogP contribution in [-0.2, 0) is 4.79 Å². The van der Waals surface area contributed by atoms with E-state index in [9.17, 15) is 9.59 Å². The Hall–Kier alpha value is -3.10. The predicted molar refractivity (Wildman–Crippen MR) is 94.2 cm³/mol. The zero-order chi connectivity index (χ0) is 18.3. The van der Waals surface area contributed by atoms with E-state index in [0.717, 1.165) is 18.7 Å². The molecule has 3 amide bonds. The van der Waals surface area contributed by atoms with Gasteiger partial charge in [-0.05, 0) is 38.0 Å². The first-order chi connectivity index (χ1) is 12.5. The van der Waals surface area contributed by atoms with Crippen molar-refractivity contribution >= 4 is 23.3 Å². The SMILES string of the molecule is Cc1nc(C2CCCN2C(=O)Nc2ccc3c(c2)N(C)C(=O)CO3)n[nH]1. The third kappa shape index (κ3) is 2.85. The van der Waals surface area contributed by atoms with Gasteiger partial charge in [0.2, 0.25) is 0 Å². The van der Waals surface area contributed by atoms with Gasteiger partial charge in [0.1, 0.15) is 11.6 Å². The molecule has 0 saturated carbocycles. The van der Waals surface area contributed by atoms with Crippen molar-refractivity contribution in [2.75, 3.05) is 30.4 Å². The number of carbonyl (C=O) groups excluding carboxylic acids is 2. The maximum Gasteiger partial charge on any atom is 0.322 e. The molecule has 136 valence electrons. The van der Waals surface area contributed by atoms with Crippen molar-refractivity contribution in [1.82, 2.24) is 20.1 Å². The topological polar surface area (TPSA) is 103 Å². The fourth-order valence-electron chi connectivity index (χ4n) is 3.33. The maximum absolute atomic E-state index is 12.8. The number of carbonyl (C=O) groups is 2. The second kappa shape index (κ2) is 6.32. The largest absolute Gasteiger partial charge is 0.482 e. The lowest BCUT2D eigenvalue weighted by molar-refractivity contribution is -0.120. The molecule has 1 saturated heterocycles. The van der Waals surface area contributed by atoms with Crippen LogP contribution >= 0.6 is 0 Å². The van der Waals surface area contributed by atoms with E-state index in [0.29, 0.717) is 29.5 Å². The molecule has 0 radical (unpaired) electrons. The number of aromatic nitrogens is 3. The Balaban J connectivity index is 1.52. The molecular weight excluding hydrogens is 336 g/mol. The van der Waals surface area contributed by atoms with Crippen LogP contribution in [0, 0.1) is 6.92 Å². The van der Waals surface area contributed by atoms with Crippen LogP contribution in [0.1, 0.15) is 30.5 Å². The summed E-state index contributed by atoms with van der Waals surface area (Å²) in [5.74, 6) is 1.87. The van der Waals surface area contributed by atoms with Gasteiger partial charge in [0.25, 0.3) is 5.91 Å². The Bertz CT molecular complexity index is 864. The number of aromatic amines is 1. The summed E-state index contributed by atoms with van der Waals surface area (Å²) >= 11 is 0. The van der Waals surface area contributed by atoms with Crippen molar-refractivity contribution in [1.29, 1.82) is 0 Å². The van der Waals surface area contributed by atoms with Crippen molar-refractivity contribution in [3.05, 3.63) is 29.8 Å². The molecule has 1 aromatic carbocycles. The highest BCUT2D eigenvalue weighted by molar-refractivity contribution is 5.99. The molecule has 1 aromatic heterocycles. The van der Waals surface area contributed by atoms with Gasteiger partial charge in [-0.15, -0.1) is 0 Å². The second-order valence-electron chi connectivity index (χ2n) is 6.48. The van der Waals surface area contributed by atoms with E-state index in [1.165, 1.54) is 4.90 Å². The van der Waals surface area contributed by atoms with Gasteiger partial charge in [0.15, 0.2) is 12.4 Å². The van der Waals surface area contributed by atoms with Gasteiger partial charge in [-0.3, -0.25) is 9.89 Å². The summed E-state index contributed by atoms with van der Waals surface area (Å²) in [5, 5.41) is 9.93. The van der Waals surface area contributed by atoms with E-state index in [4.69, 9.17) is 4.74 Å². The van der Waals surface area contributed by atoms with Crippen LogP contribution in [0.25, 0.3) is 0 Å². The zero-order valence-corrected chi connectivity index (χ0v) is 14.7. The quantitative estimate of drug-likeness (QED) is 0.854. The van der Waals surface area contributed by atoms with Gasteiger partial charge in [-0.25, -0.2) is 9.78 Å². The minimum Gasteiger partial charge on any atom is -0.482 e. The number of ether oxygens (including phenoxy) is 1. The molecule has 2 N–H and O–H groups in total. The highest BCUT2D eigenvalue weighted by Gasteiger charge is 2.33. The van der Waals surface area contributed by atoms with Gasteiger partial charge in [0.05, 0.1) is 11.7 Å². The molecule has 26 heavy (non-hydrogen) atoms. The summed E-state index contributed by atoms with van der Waals surface area (Å²) in [4.78, 5) is 32.2. The molecule has 9 nitrogen and oxygen atoms in total. The summed E-state index contributed by atoms with van der Waals surface area (Å²) in [6.07, 6.45) is 1.74. The molecule has 9 heteroatoms. The third-order valence-electron chi connectivity index (χ3n) is 4.72. The molecule has 0 spiro atoms. The monoisotopic (exact) mass is 356 g/mol. The van der Waals surface area contributed by atoms with E-state index in [1.54, 1.807) is 30.1 Å². The Morgan fingerprint density at radius 2 is 2.27 bits per heavy atom. The minimum atomic E-state index is -0.208. The second-order valence-corrected chi connectivity index (χ2v) is 6.48. The van der Waals surface area contributed by atoms with Crippen LogP contribution in [0.4, 0.5) is 16.2 Å². The molecule has 0 bridgehead atoms. The van der Waals surface area contributed by atoms with E-state index in [2.05, 4.69) is 20.5 Å². The minimum absolute atomic E-state index is 0.0285. The lowest BCUT2D eigenvalue weighted by Crippen LogP contribution is -2.36. The van der Waals surface area contributed by atoms with Crippen LogP contribution in [0.5, 0.6) is 5.75 Å². The van der Waals surface area contributed by atoms with Crippen molar-refractivity contribution in [2.24, 2.45) is 0 Å². The van der Waals surface area contributed by atoms with Crippen molar-refractivity contribution in [2.45, 2.75) is 25.8 Å². The fourth-order valence-corrected chi connectivity index (χ4v) is 3.33. The van der Waals surface area contributed by atoms with E-state index >= 15 is 0 Å². The van der Waals surface area contributed by atoms with E-state index in [1.807, 2.05) is 6.92 Å². The molecule has 0 aliphatic carbocycles. The number of amides is 3. The standard InChI is InChI=1S/C17H20N6O3/c1-10-18-16(21-20-10)12-4-3-7-23(12)17(25)19-11-5-6-14-13(8-11)22(2)15(24)9-26-14/h5-6,8,12H,3-4,7,9H2,1-2H3,(H,19,25)(H,18,20,21). The average molecular weight is 356 g/mol. The number of hydrogen-bond donors (Lipinski definition) is 2. The number of hydrogen-bond acceptors (Lipinski definition) is 5. The van der Waals surface area contributed by atoms with Crippen LogP contribution in [0.3, 0.4) is 0 Å². The summed E-state index contributed by atoms with van der Waals surface area (Å²) in [5.41, 5.74) is 1.25. The normalized spacial score (nSPS) is 19.3. The van der Waals surface area contributed by atoms with E-state index in [-0.39, 0.29) is 24.6 Å². The van der Waals surface area contributed by atoms with Crippen LogP contribution in [0.2, 0.25) is 0 Å². The molecule has 4 rings (SSSR count). The number of nitrogens with one attached hydrogen (secondary N) is 2. The number of benzene rings is 1. The Morgan fingerprint density at radius 1 is 1.42 bits per heavy atom. The van der Waals surface area contributed by atoms with Crippen LogP contribution in [-0.4, -0.2) is 52.2 Å². The lowest BCUT2D eigenvalue weighted by Gasteiger charge is -2.27. The number of likely N-dealkylation sites (tertiary alicyclic amines) is 1. The third-order valence-corrected chi connectivity index (χ3v) is 4.72. The number of aryl methyl sites for hydroxylation is 1. The van der Waals surface area contributed by atoms with Gasteiger partial charge >= 0.3 is 6.03 Å². The molecule has 3 heterocycles. The number of likely N-dealkylation sites (N-methyl/N-ethyl adjacent to an activating group) is 1. The van der Waals surface area contributed by atoms with Gasteiger partial charge in [-0.1, -0.05) is 0 Å².